The molecule has 0 aliphatic carbocycles. The van der Waals surface area contributed by atoms with Crippen LogP contribution in [0.2, 0.25) is 26.2 Å². The highest BCUT2D eigenvalue weighted by Gasteiger charge is 2.34. The lowest BCUT2D eigenvalue weighted by molar-refractivity contribution is 0.819. The largest absolute Gasteiger partial charge is 0.309 e. The maximum absolute atomic E-state index is 14.4. The van der Waals surface area contributed by atoms with Gasteiger partial charge in [-0.3, -0.25) is 0 Å². The minimum Gasteiger partial charge on any atom is -0.309 e. The Morgan fingerprint density at radius 1 is 0.560 bits per heavy atom. The van der Waals surface area contributed by atoms with Gasteiger partial charge < -0.3 is 8.22 Å². The normalized spacial score (nSPS) is 13.7. The number of rotatable bonds is 6. The van der Waals surface area contributed by atoms with E-state index in [0.29, 0.717) is 0 Å². The van der Waals surface area contributed by atoms with E-state index in [4.69, 9.17) is 0 Å². The minimum absolute atomic E-state index is 1.14. The van der Waals surface area contributed by atoms with E-state index in [0.717, 1.165) is 10.4 Å². The molecule has 0 aromatic heterocycles. The summed E-state index contributed by atoms with van der Waals surface area (Å²) in [7, 11) is -8.28. The van der Waals surface area contributed by atoms with Gasteiger partial charge in [0, 0.05) is 0 Å². The van der Waals surface area contributed by atoms with E-state index in [9.17, 15) is 8.22 Å². The molecule has 2 aromatic rings. The van der Waals surface area contributed by atoms with Gasteiger partial charge in [-0.25, -0.2) is 0 Å². The average molecular weight is 389 g/mol. The Bertz CT molecular complexity index is 662. The van der Waals surface area contributed by atoms with Crippen LogP contribution < -0.4 is 10.4 Å². The van der Waals surface area contributed by atoms with Gasteiger partial charge in [-0.05, 0) is 36.6 Å². The Labute approximate surface area is 153 Å². The van der Waals surface area contributed by atoms with E-state index in [-0.39, 0.29) is 0 Å². The van der Waals surface area contributed by atoms with Crippen molar-refractivity contribution in [2.75, 3.05) is 0 Å². The van der Waals surface area contributed by atoms with Crippen LogP contribution in [-0.4, -0.2) is 24.9 Å². The molecule has 0 atom stereocenters. The van der Waals surface area contributed by atoms with Gasteiger partial charge in [-0.1, -0.05) is 83.5 Å². The fraction of sp³-hybridized carbons (Fsp3) is 0.200. The molecular weight excluding hydrogens is 362 g/mol. The summed E-state index contributed by atoms with van der Waals surface area (Å²) in [6, 6.07) is 20.2. The van der Waals surface area contributed by atoms with Gasteiger partial charge in [-0.2, -0.15) is 0 Å². The van der Waals surface area contributed by atoms with E-state index in [1.807, 2.05) is 36.4 Å². The number of benzene rings is 2. The zero-order valence-electron chi connectivity index (χ0n) is 15.3. The summed E-state index contributed by atoms with van der Waals surface area (Å²) in [6.45, 7) is 6.71. The van der Waals surface area contributed by atoms with Crippen molar-refractivity contribution in [3.8, 4) is 0 Å². The summed E-state index contributed by atoms with van der Waals surface area (Å²) in [5, 5.41) is 2.29. The molecule has 0 aliphatic heterocycles. The maximum Gasteiger partial charge on any atom is 0.263 e. The molecule has 0 saturated carbocycles. The molecule has 132 valence electrons. The van der Waals surface area contributed by atoms with Crippen LogP contribution in [0.25, 0.3) is 0 Å². The van der Waals surface area contributed by atoms with Crippen molar-refractivity contribution in [1.82, 2.24) is 0 Å². The molecule has 0 aliphatic rings. The molecule has 0 bridgehead atoms. The Hall–Kier alpha value is -1.57. The van der Waals surface area contributed by atoms with Gasteiger partial charge >= 0.3 is 0 Å². The Kier molecular flexibility index (Phi) is 6.13. The lowest BCUT2D eigenvalue weighted by Crippen LogP contribution is -2.56. The smallest absolute Gasteiger partial charge is 0.263 e. The topological polar surface area (TPSA) is 0 Å². The van der Waals surface area contributed by atoms with E-state index in [2.05, 4.69) is 35.7 Å². The molecule has 0 unspecified atom stereocenters. The first-order chi connectivity index (χ1) is 11.6. The molecule has 0 fully saturated rings. The third kappa shape index (κ3) is 5.73. The molecule has 0 N–H and O–H groups in total. The van der Waals surface area contributed by atoms with Gasteiger partial charge in [0.2, 0.25) is 0 Å². The summed E-state index contributed by atoms with van der Waals surface area (Å²) >= 11 is 0. The van der Waals surface area contributed by atoms with Crippen molar-refractivity contribution in [2.45, 2.75) is 26.2 Å². The van der Waals surface area contributed by atoms with Gasteiger partial charge in [-0.15, -0.1) is 0 Å². The molecule has 2 rings (SSSR count). The molecular formula is C20H26F2Si3. The van der Waals surface area contributed by atoms with Crippen LogP contribution in [0.4, 0.5) is 8.22 Å². The molecule has 0 nitrogen and oxygen atoms in total. The highest BCUT2D eigenvalue weighted by atomic mass is 28.4. The van der Waals surface area contributed by atoms with Crippen molar-refractivity contribution in [2.24, 2.45) is 0 Å². The highest BCUT2D eigenvalue weighted by molar-refractivity contribution is 7.10. The van der Waals surface area contributed by atoms with Crippen molar-refractivity contribution < 1.29 is 8.22 Å². The van der Waals surface area contributed by atoms with Crippen molar-refractivity contribution in [1.29, 1.82) is 0 Å². The first-order valence-corrected chi connectivity index (χ1v) is 16.6. The molecule has 5 heteroatoms. The summed E-state index contributed by atoms with van der Waals surface area (Å²) in [5.74, 6) is 0. The van der Waals surface area contributed by atoms with Crippen LogP contribution in [0.1, 0.15) is 0 Å². The van der Waals surface area contributed by atoms with E-state index in [1.165, 1.54) is 0 Å². The predicted octanol–water partition coefficient (Wildman–Crippen LogP) is 4.87. The number of hydrogen-bond acceptors (Lipinski definition) is 0. The van der Waals surface area contributed by atoms with Crippen molar-refractivity contribution >= 4 is 35.3 Å². The van der Waals surface area contributed by atoms with Crippen LogP contribution in [0, 0.1) is 0 Å². The quantitative estimate of drug-likeness (QED) is 0.489. The molecule has 0 heterocycles. The second-order valence-electron chi connectivity index (χ2n) is 7.40. The summed E-state index contributed by atoms with van der Waals surface area (Å²) in [5.41, 5.74) is 7.63. The zero-order chi connectivity index (χ0) is 18.6. The minimum atomic E-state index is -2.87. The Morgan fingerprint density at radius 3 is 1.16 bits per heavy atom. The van der Waals surface area contributed by atoms with E-state index < -0.39 is 24.9 Å². The van der Waals surface area contributed by atoms with Gasteiger partial charge in [0.05, 0.1) is 0 Å². The fourth-order valence-corrected chi connectivity index (χ4v) is 10.7. The predicted molar refractivity (Wildman–Crippen MR) is 113 cm³/mol. The van der Waals surface area contributed by atoms with E-state index >= 15 is 0 Å². The first-order valence-electron chi connectivity index (χ1n) is 8.52. The van der Waals surface area contributed by atoms with Crippen LogP contribution >= 0.6 is 0 Å². The lowest BCUT2D eigenvalue weighted by Gasteiger charge is -2.28. The standard InChI is InChI=1S/C20H26F2Si3/c1-23(2,21)15-17-25(18-16-24(3,4)22,19-11-7-5-8-12-19)20-13-9-6-10-14-20/h5-18H,1-4H3/b17-15+,18-16+. The van der Waals surface area contributed by atoms with Crippen molar-refractivity contribution in [3.63, 3.8) is 0 Å². The molecule has 2 aromatic carbocycles. The molecule has 0 saturated heterocycles. The second kappa shape index (κ2) is 7.76. The first kappa shape index (κ1) is 19.8. The fourth-order valence-electron chi connectivity index (χ4n) is 2.69. The monoisotopic (exact) mass is 388 g/mol. The molecule has 0 radical (unpaired) electrons. The van der Waals surface area contributed by atoms with Crippen LogP contribution in [-0.2, 0) is 0 Å². The van der Waals surface area contributed by atoms with Gasteiger partial charge in [0.25, 0.3) is 16.8 Å². The van der Waals surface area contributed by atoms with Crippen LogP contribution in [0.15, 0.2) is 83.5 Å². The SMILES string of the molecule is C[Si](C)(F)/C=C/[Si](/C=C/[Si](C)(C)F)(c1ccccc1)c1ccccc1. The van der Waals surface area contributed by atoms with Crippen LogP contribution in [0.3, 0.4) is 0 Å². The van der Waals surface area contributed by atoms with Gasteiger partial charge in [0.15, 0.2) is 8.07 Å². The Balaban J connectivity index is 2.74. The third-order valence-electron chi connectivity index (χ3n) is 3.99. The Morgan fingerprint density at radius 2 is 0.880 bits per heavy atom. The second-order valence-corrected chi connectivity index (χ2v) is 17.9. The molecule has 0 spiro atoms. The van der Waals surface area contributed by atoms with E-state index in [1.54, 1.807) is 37.6 Å². The number of halogens is 2. The average Bonchev–Trinajstić information content (AvgIpc) is 2.55. The third-order valence-corrected chi connectivity index (χ3v) is 10.5. The molecule has 0 amide bonds. The lowest BCUT2D eigenvalue weighted by atomic mass is 10.4. The van der Waals surface area contributed by atoms with Crippen molar-refractivity contribution in [3.05, 3.63) is 83.5 Å². The molecule has 25 heavy (non-hydrogen) atoms. The summed E-state index contributed by atoms with van der Waals surface area (Å²) < 4.78 is 28.8. The summed E-state index contributed by atoms with van der Waals surface area (Å²) in [4.78, 5) is 0. The zero-order valence-corrected chi connectivity index (χ0v) is 18.3. The van der Waals surface area contributed by atoms with Gasteiger partial charge in [0.1, 0.15) is 0 Å². The van der Waals surface area contributed by atoms with Crippen LogP contribution in [0.5, 0.6) is 0 Å². The highest BCUT2D eigenvalue weighted by Crippen LogP contribution is 2.16. The number of hydrogen-bond donors (Lipinski definition) is 0. The summed E-state index contributed by atoms with van der Waals surface area (Å²) in [6.07, 6.45) is 0. The maximum atomic E-state index is 14.4.